The molecule has 3 rings (SSSR count). The summed E-state index contributed by atoms with van der Waals surface area (Å²) in [6, 6.07) is 10.9. The van der Waals surface area contributed by atoms with Crippen LogP contribution in [0.3, 0.4) is 0 Å². The molecule has 4 heteroatoms. The highest BCUT2D eigenvalue weighted by Gasteiger charge is 2.11. The van der Waals surface area contributed by atoms with Crippen molar-refractivity contribution in [1.29, 1.82) is 0 Å². The van der Waals surface area contributed by atoms with Gasteiger partial charge in [-0.2, -0.15) is 0 Å². The Hall–Kier alpha value is -2.00. The van der Waals surface area contributed by atoms with Crippen LogP contribution < -0.4 is 0 Å². The van der Waals surface area contributed by atoms with E-state index in [0.717, 1.165) is 10.8 Å². The molecule has 0 amide bonds. The summed E-state index contributed by atoms with van der Waals surface area (Å²) < 4.78 is 5.68. The van der Waals surface area contributed by atoms with Gasteiger partial charge in [0.05, 0.1) is 11.4 Å². The number of hydrogen-bond donors (Lipinski definition) is 1. The molecule has 0 unspecified atom stereocenters. The van der Waals surface area contributed by atoms with Crippen molar-refractivity contribution in [1.82, 2.24) is 0 Å². The number of rotatable bonds is 2. The maximum atomic E-state index is 10.7. The van der Waals surface area contributed by atoms with E-state index in [4.69, 9.17) is 21.1 Å². The number of carbonyl (C=O) groups is 1. The Morgan fingerprint density at radius 1 is 1.22 bits per heavy atom. The first-order chi connectivity index (χ1) is 8.65. The lowest BCUT2D eigenvalue weighted by Gasteiger charge is -1.96. The normalized spacial score (nSPS) is 11.2. The number of furan rings is 1. The molecule has 90 valence electrons. The Kier molecular flexibility index (Phi) is 2.49. The van der Waals surface area contributed by atoms with E-state index in [-0.39, 0.29) is 6.42 Å². The third-order valence-electron chi connectivity index (χ3n) is 2.87. The lowest BCUT2D eigenvalue weighted by atomic mass is 10.1. The zero-order chi connectivity index (χ0) is 12.7. The number of carboxylic acids is 1. The van der Waals surface area contributed by atoms with E-state index in [1.807, 2.05) is 24.3 Å². The van der Waals surface area contributed by atoms with Crippen molar-refractivity contribution in [3.05, 3.63) is 47.0 Å². The average molecular weight is 261 g/mol. The Bertz CT molecular complexity index is 758. The number of aliphatic carboxylic acids is 1. The SMILES string of the molecule is O=C(O)Cc1ccc2c(c1)oc1cccc(Cl)c12. The molecule has 0 bridgehead atoms. The van der Waals surface area contributed by atoms with Crippen molar-refractivity contribution in [2.45, 2.75) is 6.42 Å². The smallest absolute Gasteiger partial charge is 0.307 e. The van der Waals surface area contributed by atoms with E-state index >= 15 is 0 Å². The average Bonchev–Trinajstić information content (AvgIpc) is 2.66. The Balaban J connectivity index is 2.27. The van der Waals surface area contributed by atoms with Crippen LogP contribution in [0.5, 0.6) is 0 Å². The summed E-state index contributed by atoms with van der Waals surface area (Å²) in [5.41, 5.74) is 2.09. The van der Waals surface area contributed by atoms with E-state index in [9.17, 15) is 4.79 Å². The van der Waals surface area contributed by atoms with E-state index in [2.05, 4.69) is 0 Å². The second-order valence-corrected chi connectivity index (χ2v) is 4.52. The summed E-state index contributed by atoms with van der Waals surface area (Å²) >= 11 is 6.15. The molecule has 0 aliphatic carbocycles. The first kappa shape index (κ1) is 11.1. The highest BCUT2D eigenvalue weighted by atomic mass is 35.5. The summed E-state index contributed by atoms with van der Waals surface area (Å²) in [6.45, 7) is 0. The lowest BCUT2D eigenvalue weighted by Crippen LogP contribution is -1.99. The van der Waals surface area contributed by atoms with Crippen LogP contribution in [0.15, 0.2) is 40.8 Å². The van der Waals surface area contributed by atoms with E-state index < -0.39 is 5.97 Å². The minimum atomic E-state index is -0.858. The van der Waals surface area contributed by atoms with Gasteiger partial charge in [0.2, 0.25) is 0 Å². The van der Waals surface area contributed by atoms with Gasteiger partial charge in [-0.1, -0.05) is 29.8 Å². The largest absolute Gasteiger partial charge is 0.481 e. The molecule has 0 radical (unpaired) electrons. The Morgan fingerprint density at radius 3 is 2.83 bits per heavy atom. The Labute approximate surface area is 108 Å². The van der Waals surface area contributed by atoms with Gasteiger partial charge >= 0.3 is 5.97 Å². The quantitative estimate of drug-likeness (QED) is 0.761. The van der Waals surface area contributed by atoms with Crippen molar-refractivity contribution in [2.24, 2.45) is 0 Å². The van der Waals surface area contributed by atoms with Crippen LogP contribution in [-0.2, 0) is 11.2 Å². The summed E-state index contributed by atoms with van der Waals surface area (Å²) in [4.78, 5) is 10.7. The second kappa shape index (κ2) is 4.03. The molecule has 1 aromatic heterocycles. The van der Waals surface area contributed by atoms with Gasteiger partial charge in [0, 0.05) is 10.8 Å². The standard InChI is InChI=1S/C14H9ClO3/c15-10-2-1-3-11-14(10)9-5-4-8(7-13(16)17)6-12(9)18-11/h1-6H,7H2,(H,16,17). The first-order valence-electron chi connectivity index (χ1n) is 5.46. The first-order valence-corrected chi connectivity index (χ1v) is 5.84. The summed E-state index contributed by atoms with van der Waals surface area (Å²) in [5, 5.41) is 11.2. The molecule has 2 aromatic carbocycles. The number of halogens is 1. The fraction of sp³-hybridized carbons (Fsp3) is 0.0714. The molecule has 3 nitrogen and oxygen atoms in total. The molecule has 0 aliphatic heterocycles. The van der Waals surface area contributed by atoms with Gasteiger partial charge in [0.15, 0.2) is 0 Å². The maximum absolute atomic E-state index is 10.7. The summed E-state index contributed by atoms with van der Waals surface area (Å²) in [6.07, 6.45) is -0.0132. The summed E-state index contributed by atoms with van der Waals surface area (Å²) in [5.74, 6) is -0.858. The predicted molar refractivity (Wildman–Crippen MR) is 70.1 cm³/mol. The van der Waals surface area contributed by atoms with Gasteiger partial charge in [-0.3, -0.25) is 4.79 Å². The highest BCUT2D eigenvalue weighted by molar-refractivity contribution is 6.37. The molecular formula is C14H9ClO3. The van der Waals surface area contributed by atoms with Gasteiger partial charge in [-0.25, -0.2) is 0 Å². The van der Waals surface area contributed by atoms with Crippen molar-refractivity contribution < 1.29 is 14.3 Å². The van der Waals surface area contributed by atoms with Crippen LogP contribution in [0.25, 0.3) is 21.9 Å². The molecular weight excluding hydrogens is 252 g/mol. The monoisotopic (exact) mass is 260 g/mol. The number of fused-ring (bicyclic) bond motifs is 3. The van der Waals surface area contributed by atoms with Gasteiger partial charge in [0.25, 0.3) is 0 Å². The third kappa shape index (κ3) is 1.73. The van der Waals surface area contributed by atoms with Crippen molar-refractivity contribution in [2.75, 3.05) is 0 Å². The highest BCUT2D eigenvalue weighted by Crippen LogP contribution is 2.34. The third-order valence-corrected chi connectivity index (χ3v) is 3.18. The molecule has 0 fully saturated rings. The van der Waals surface area contributed by atoms with Crippen LogP contribution in [0.1, 0.15) is 5.56 Å². The fourth-order valence-electron chi connectivity index (χ4n) is 2.11. The lowest BCUT2D eigenvalue weighted by molar-refractivity contribution is -0.136. The minimum Gasteiger partial charge on any atom is -0.481 e. The number of hydrogen-bond acceptors (Lipinski definition) is 2. The van der Waals surface area contributed by atoms with Crippen LogP contribution >= 0.6 is 11.6 Å². The van der Waals surface area contributed by atoms with Crippen molar-refractivity contribution in [3.63, 3.8) is 0 Å². The molecule has 0 aliphatic rings. The topological polar surface area (TPSA) is 50.4 Å². The maximum Gasteiger partial charge on any atom is 0.307 e. The van der Waals surface area contributed by atoms with Crippen molar-refractivity contribution >= 4 is 39.5 Å². The van der Waals surface area contributed by atoms with Gasteiger partial charge in [0.1, 0.15) is 11.2 Å². The van der Waals surface area contributed by atoms with Crippen molar-refractivity contribution in [3.8, 4) is 0 Å². The summed E-state index contributed by atoms with van der Waals surface area (Å²) in [7, 11) is 0. The fourth-order valence-corrected chi connectivity index (χ4v) is 2.38. The van der Waals surface area contributed by atoms with Crippen LogP contribution in [0.2, 0.25) is 5.02 Å². The zero-order valence-corrected chi connectivity index (χ0v) is 10.1. The molecule has 0 spiro atoms. The van der Waals surface area contributed by atoms with Crippen LogP contribution in [0, 0.1) is 0 Å². The zero-order valence-electron chi connectivity index (χ0n) is 9.31. The van der Waals surface area contributed by atoms with E-state index in [1.54, 1.807) is 12.1 Å². The molecule has 1 N–H and O–H groups in total. The van der Waals surface area contributed by atoms with Gasteiger partial charge in [-0.15, -0.1) is 0 Å². The van der Waals surface area contributed by atoms with E-state index in [1.165, 1.54) is 0 Å². The predicted octanol–water partition coefficient (Wildman–Crippen LogP) is 3.87. The molecule has 0 saturated heterocycles. The van der Waals surface area contributed by atoms with Crippen LogP contribution in [-0.4, -0.2) is 11.1 Å². The van der Waals surface area contributed by atoms with Gasteiger partial charge in [-0.05, 0) is 23.8 Å². The Morgan fingerprint density at radius 2 is 2.06 bits per heavy atom. The second-order valence-electron chi connectivity index (χ2n) is 4.12. The van der Waals surface area contributed by atoms with E-state index in [0.29, 0.717) is 21.8 Å². The number of benzene rings is 2. The number of carboxylic acid groups (broad SMARTS) is 1. The van der Waals surface area contributed by atoms with Gasteiger partial charge < -0.3 is 9.52 Å². The molecule has 0 atom stereocenters. The van der Waals surface area contributed by atoms with Crippen LogP contribution in [0.4, 0.5) is 0 Å². The molecule has 18 heavy (non-hydrogen) atoms. The molecule has 3 aromatic rings. The molecule has 1 heterocycles. The molecule has 0 saturated carbocycles. The minimum absolute atomic E-state index is 0.0132.